The highest BCUT2D eigenvalue weighted by Gasteiger charge is 2.19. The Balaban J connectivity index is 1.48. The summed E-state index contributed by atoms with van der Waals surface area (Å²) >= 11 is 20.4. The number of carbonyl (C=O) groups excluding carboxylic acids is 1. The fourth-order valence-electron chi connectivity index (χ4n) is 3.10. The summed E-state index contributed by atoms with van der Waals surface area (Å²) in [6.45, 7) is 3.30. The molecule has 0 bridgehead atoms. The molecule has 0 unspecified atom stereocenters. The van der Waals surface area contributed by atoms with Crippen molar-refractivity contribution in [3.8, 4) is 16.3 Å². The molecular formula is C23H17Cl3N2O2S. The van der Waals surface area contributed by atoms with Gasteiger partial charge in [0.25, 0.3) is 5.91 Å². The van der Waals surface area contributed by atoms with Gasteiger partial charge in [0, 0.05) is 16.3 Å². The van der Waals surface area contributed by atoms with Crippen LogP contribution < -0.4 is 10.1 Å². The van der Waals surface area contributed by atoms with Crippen LogP contribution in [0.4, 0.5) is 5.69 Å². The average Bonchev–Trinajstić information content (AvgIpc) is 3.21. The first-order valence-corrected chi connectivity index (χ1v) is 11.3. The Hall–Kier alpha value is -2.31. The minimum atomic E-state index is -0.334. The number of nitrogens with one attached hydrogen (secondary N) is 1. The molecule has 158 valence electrons. The van der Waals surface area contributed by atoms with Crippen molar-refractivity contribution in [3.63, 3.8) is 0 Å². The van der Waals surface area contributed by atoms with Gasteiger partial charge in [-0.25, -0.2) is 4.98 Å². The Morgan fingerprint density at radius 2 is 1.71 bits per heavy atom. The zero-order chi connectivity index (χ0) is 22.1. The summed E-state index contributed by atoms with van der Waals surface area (Å²) in [6.07, 6.45) is 0. The molecule has 31 heavy (non-hydrogen) atoms. The molecule has 4 aromatic rings. The molecule has 0 fully saturated rings. The van der Waals surface area contributed by atoms with Gasteiger partial charge in [-0.3, -0.25) is 4.79 Å². The van der Waals surface area contributed by atoms with Crippen LogP contribution in [0.1, 0.15) is 11.1 Å². The van der Waals surface area contributed by atoms with E-state index in [1.54, 1.807) is 25.2 Å². The number of halogens is 3. The van der Waals surface area contributed by atoms with E-state index >= 15 is 0 Å². The molecule has 0 saturated carbocycles. The summed E-state index contributed by atoms with van der Waals surface area (Å²) < 4.78 is 6.74. The molecule has 1 N–H and O–H groups in total. The minimum absolute atomic E-state index is 0.245. The third-order valence-electron chi connectivity index (χ3n) is 4.75. The standard InChI is InChI=1S/C23H17Cl3N2O2S/c1-12-19(24)13(2)21(26)22(20(12)25)30-11-18(29)27-15-7-5-6-14(10-15)23-28-16-8-3-4-9-17(16)31-23/h3-10H,11H2,1-2H3,(H,27,29). The third-order valence-corrected chi connectivity index (χ3v) is 7.31. The van der Waals surface area contributed by atoms with Crippen LogP contribution in [0, 0.1) is 13.8 Å². The van der Waals surface area contributed by atoms with Crippen molar-refractivity contribution < 1.29 is 9.53 Å². The summed E-state index contributed by atoms with van der Waals surface area (Å²) in [4.78, 5) is 17.1. The monoisotopic (exact) mass is 490 g/mol. The quantitative estimate of drug-likeness (QED) is 0.313. The highest BCUT2D eigenvalue weighted by molar-refractivity contribution is 7.21. The van der Waals surface area contributed by atoms with Gasteiger partial charge in [0.05, 0.1) is 20.3 Å². The SMILES string of the molecule is Cc1c(Cl)c(C)c(Cl)c(OCC(=O)Nc2cccc(-c3nc4ccccc4s3)c2)c1Cl. The van der Waals surface area contributed by atoms with Crippen molar-refractivity contribution in [2.24, 2.45) is 0 Å². The molecule has 1 aromatic heterocycles. The normalized spacial score (nSPS) is 11.0. The molecule has 0 aliphatic carbocycles. The lowest BCUT2D eigenvalue weighted by Crippen LogP contribution is -2.20. The van der Waals surface area contributed by atoms with Gasteiger partial charge in [0.2, 0.25) is 0 Å². The number of benzene rings is 3. The number of fused-ring (bicyclic) bond motifs is 1. The number of ether oxygens (including phenoxy) is 1. The number of thiazole rings is 1. The zero-order valence-electron chi connectivity index (χ0n) is 16.6. The van der Waals surface area contributed by atoms with Crippen LogP contribution in [-0.4, -0.2) is 17.5 Å². The smallest absolute Gasteiger partial charge is 0.262 e. The van der Waals surface area contributed by atoms with E-state index in [-0.39, 0.29) is 18.3 Å². The predicted octanol–water partition coefficient (Wildman–Crippen LogP) is 7.56. The molecule has 3 aromatic carbocycles. The molecule has 4 nitrogen and oxygen atoms in total. The number of amides is 1. The Morgan fingerprint density at radius 1 is 1.00 bits per heavy atom. The lowest BCUT2D eigenvalue weighted by molar-refractivity contribution is -0.118. The Bertz CT molecular complexity index is 1240. The minimum Gasteiger partial charge on any atom is -0.481 e. The molecule has 0 atom stereocenters. The summed E-state index contributed by atoms with van der Waals surface area (Å²) in [7, 11) is 0. The van der Waals surface area contributed by atoms with E-state index < -0.39 is 0 Å². The Morgan fingerprint density at radius 3 is 2.42 bits per heavy atom. The maximum atomic E-state index is 12.5. The van der Waals surface area contributed by atoms with Crippen LogP contribution in [0.5, 0.6) is 5.75 Å². The number of nitrogens with zero attached hydrogens (tertiary/aromatic N) is 1. The highest BCUT2D eigenvalue weighted by atomic mass is 35.5. The van der Waals surface area contributed by atoms with E-state index in [0.29, 0.717) is 31.9 Å². The second-order valence-electron chi connectivity index (χ2n) is 6.93. The van der Waals surface area contributed by atoms with Gasteiger partial charge >= 0.3 is 0 Å². The molecular weight excluding hydrogens is 475 g/mol. The molecule has 8 heteroatoms. The van der Waals surface area contributed by atoms with Crippen LogP contribution in [0.15, 0.2) is 48.5 Å². The van der Waals surface area contributed by atoms with Crippen LogP contribution >= 0.6 is 46.1 Å². The van der Waals surface area contributed by atoms with E-state index in [0.717, 1.165) is 20.8 Å². The summed E-state index contributed by atoms with van der Waals surface area (Å²) in [6, 6.07) is 15.5. The van der Waals surface area contributed by atoms with E-state index in [9.17, 15) is 4.79 Å². The van der Waals surface area contributed by atoms with Gasteiger partial charge < -0.3 is 10.1 Å². The second kappa shape index (κ2) is 9.05. The van der Waals surface area contributed by atoms with Crippen molar-refractivity contribution >= 4 is 68.0 Å². The van der Waals surface area contributed by atoms with Gasteiger partial charge in [-0.1, -0.05) is 59.1 Å². The number of aromatic nitrogens is 1. The number of hydrogen-bond acceptors (Lipinski definition) is 4. The lowest BCUT2D eigenvalue weighted by atomic mass is 10.1. The molecule has 4 rings (SSSR count). The maximum absolute atomic E-state index is 12.5. The summed E-state index contributed by atoms with van der Waals surface area (Å²) in [5, 5.41) is 4.80. The summed E-state index contributed by atoms with van der Waals surface area (Å²) in [5.41, 5.74) is 3.84. The van der Waals surface area contributed by atoms with E-state index in [1.807, 2.05) is 48.5 Å². The zero-order valence-corrected chi connectivity index (χ0v) is 19.7. The van der Waals surface area contributed by atoms with Crippen molar-refractivity contribution in [3.05, 3.63) is 74.7 Å². The van der Waals surface area contributed by atoms with Crippen LogP contribution in [-0.2, 0) is 4.79 Å². The molecule has 0 aliphatic rings. The van der Waals surface area contributed by atoms with Crippen LogP contribution in [0.2, 0.25) is 15.1 Å². The van der Waals surface area contributed by atoms with Gasteiger partial charge in [-0.2, -0.15) is 0 Å². The first-order chi connectivity index (χ1) is 14.8. The maximum Gasteiger partial charge on any atom is 0.262 e. The van der Waals surface area contributed by atoms with Crippen molar-refractivity contribution in [2.45, 2.75) is 13.8 Å². The Kier molecular flexibility index (Phi) is 6.39. The van der Waals surface area contributed by atoms with Gasteiger partial charge in [0.1, 0.15) is 5.01 Å². The number of carbonyl (C=O) groups is 1. The first kappa shape index (κ1) is 21.9. The molecule has 1 amide bonds. The van der Waals surface area contributed by atoms with Gasteiger partial charge in [-0.05, 0) is 49.2 Å². The highest BCUT2D eigenvalue weighted by Crippen LogP contribution is 2.42. The number of hydrogen-bond donors (Lipinski definition) is 1. The summed E-state index contributed by atoms with van der Waals surface area (Å²) in [5.74, 6) is -0.0834. The van der Waals surface area contributed by atoms with Crippen LogP contribution in [0.3, 0.4) is 0 Å². The van der Waals surface area contributed by atoms with Crippen molar-refractivity contribution in [2.75, 3.05) is 11.9 Å². The van der Waals surface area contributed by atoms with Gasteiger partial charge in [-0.15, -0.1) is 11.3 Å². The molecule has 0 aliphatic heterocycles. The fraction of sp³-hybridized carbons (Fsp3) is 0.130. The van der Waals surface area contributed by atoms with E-state index in [1.165, 1.54) is 0 Å². The molecule has 0 saturated heterocycles. The predicted molar refractivity (Wildman–Crippen MR) is 130 cm³/mol. The molecule has 0 radical (unpaired) electrons. The molecule has 1 heterocycles. The number of para-hydroxylation sites is 1. The van der Waals surface area contributed by atoms with Crippen molar-refractivity contribution in [1.29, 1.82) is 0 Å². The van der Waals surface area contributed by atoms with Gasteiger partial charge in [0.15, 0.2) is 12.4 Å². The van der Waals surface area contributed by atoms with Crippen LogP contribution in [0.25, 0.3) is 20.8 Å². The Labute approximate surface area is 198 Å². The molecule has 0 spiro atoms. The topological polar surface area (TPSA) is 51.2 Å². The van der Waals surface area contributed by atoms with E-state index in [2.05, 4.69) is 10.3 Å². The third kappa shape index (κ3) is 4.51. The average molecular weight is 492 g/mol. The largest absolute Gasteiger partial charge is 0.481 e. The number of rotatable bonds is 5. The van der Waals surface area contributed by atoms with Crippen molar-refractivity contribution in [1.82, 2.24) is 4.98 Å². The first-order valence-electron chi connectivity index (χ1n) is 9.37. The van der Waals surface area contributed by atoms with E-state index in [4.69, 9.17) is 39.5 Å². The lowest BCUT2D eigenvalue weighted by Gasteiger charge is -2.15. The number of anilines is 1. The fourth-order valence-corrected chi connectivity index (χ4v) is 4.88. The second-order valence-corrected chi connectivity index (χ2v) is 9.09.